The summed E-state index contributed by atoms with van der Waals surface area (Å²) in [6.45, 7) is 15.3. The third-order valence-corrected chi connectivity index (χ3v) is 16.9. The molecule has 0 aliphatic carbocycles. The van der Waals surface area contributed by atoms with Crippen molar-refractivity contribution in [3.8, 4) is 113 Å². The quantitative estimate of drug-likeness (QED) is 0.127. The fourth-order valence-electron chi connectivity index (χ4n) is 12.4. The molecule has 3 aromatic heterocycles. The summed E-state index contributed by atoms with van der Waals surface area (Å²) in [7, 11) is 0. The molecule has 0 spiro atoms. The summed E-state index contributed by atoms with van der Waals surface area (Å²) in [5, 5.41) is 22.7. The van der Waals surface area contributed by atoms with Crippen LogP contribution in [-0.4, -0.2) is 24.1 Å². The van der Waals surface area contributed by atoms with Crippen LogP contribution in [0.25, 0.3) is 154 Å². The zero-order valence-corrected chi connectivity index (χ0v) is 48.6. The monoisotopic (exact) mass is 1190 g/mol. The van der Waals surface area contributed by atoms with Crippen LogP contribution in [0.2, 0.25) is 0 Å². The van der Waals surface area contributed by atoms with Gasteiger partial charge in [0.25, 0.3) is 0 Å². The number of benzene rings is 12. The fraction of sp³-hybridized carbons (Fsp3) is 0.0125. The molecule has 0 bridgehead atoms. The predicted molar refractivity (Wildman–Crippen MR) is 359 cm³/mol. The van der Waals surface area contributed by atoms with E-state index < -0.39 is 11.7 Å². The van der Waals surface area contributed by atoms with Crippen molar-refractivity contribution in [2.75, 3.05) is 0 Å². The molecule has 0 aliphatic heterocycles. The van der Waals surface area contributed by atoms with Crippen LogP contribution in [-0.2, 0) is 6.18 Å². The minimum absolute atomic E-state index is 0.248. The van der Waals surface area contributed by atoms with E-state index in [1.807, 2.05) is 174 Å². The Labute approximate surface area is 526 Å². The normalized spacial score (nSPS) is 11.4. The maximum atomic E-state index is 15.7. The molecule has 15 aromatic rings. The van der Waals surface area contributed by atoms with Crippen LogP contribution in [0.15, 0.2) is 267 Å². The Kier molecular flexibility index (Phi) is 13.7. The van der Waals surface area contributed by atoms with Crippen LogP contribution in [0.1, 0.15) is 16.7 Å². The van der Waals surface area contributed by atoms with Crippen molar-refractivity contribution in [2.45, 2.75) is 6.18 Å². The first-order chi connectivity index (χ1) is 45.0. The van der Waals surface area contributed by atoms with E-state index in [4.69, 9.17) is 28.1 Å². The Hall–Kier alpha value is -13.0. The van der Waals surface area contributed by atoms with Crippen LogP contribution in [0.4, 0.5) is 24.5 Å². The van der Waals surface area contributed by atoms with Gasteiger partial charge in [-0.2, -0.15) is 23.7 Å². The zero-order valence-electron chi connectivity index (χ0n) is 48.6. The highest BCUT2D eigenvalue weighted by Crippen LogP contribution is 2.47. The van der Waals surface area contributed by atoms with Crippen LogP contribution in [0.3, 0.4) is 0 Å². The van der Waals surface area contributed by atoms with Gasteiger partial charge in [0, 0.05) is 49.4 Å². The molecular weight excluding hydrogens is 1140 g/mol. The minimum atomic E-state index is -4.76. The van der Waals surface area contributed by atoms with Crippen molar-refractivity contribution in [3.05, 3.63) is 306 Å². The summed E-state index contributed by atoms with van der Waals surface area (Å²) >= 11 is 0. The summed E-state index contributed by atoms with van der Waals surface area (Å²) < 4.78 is 51.3. The van der Waals surface area contributed by atoms with Gasteiger partial charge in [0.05, 0.1) is 75.4 Å². The third-order valence-electron chi connectivity index (χ3n) is 16.9. The Balaban J connectivity index is 1.04. The summed E-state index contributed by atoms with van der Waals surface area (Å²) in [4.78, 5) is 22.6. The average Bonchev–Trinajstić information content (AvgIpc) is 1.55. The highest BCUT2D eigenvalue weighted by molar-refractivity contribution is 6.14. The predicted octanol–water partition coefficient (Wildman–Crippen LogP) is 21.3. The van der Waals surface area contributed by atoms with Crippen molar-refractivity contribution < 1.29 is 13.2 Å². The molecular formula is C80H44F3N9. The number of hydrogen-bond donors (Lipinski definition) is 0. The van der Waals surface area contributed by atoms with Crippen molar-refractivity contribution in [3.63, 3.8) is 0 Å². The van der Waals surface area contributed by atoms with Crippen LogP contribution in [0, 0.1) is 35.8 Å². The van der Waals surface area contributed by atoms with Crippen molar-refractivity contribution in [2.24, 2.45) is 0 Å². The molecule has 9 nitrogen and oxygen atoms in total. The molecule has 0 aliphatic rings. The van der Waals surface area contributed by atoms with Crippen LogP contribution >= 0.6 is 0 Å². The summed E-state index contributed by atoms with van der Waals surface area (Å²) in [5.41, 5.74) is 15.1. The van der Waals surface area contributed by atoms with Gasteiger partial charge in [-0.25, -0.2) is 24.6 Å². The van der Waals surface area contributed by atoms with Gasteiger partial charge in [-0.3, -0.25) is 0 Å². The number of rotatable bonds is 10. The Morgan fingerprint density at radius 3 is 1.04 bits per heavy atom. The number of nitriles is 2. The topological polar surface area (TPSA) is 105 Å². The molecule has 0 N–H and O–H groups in total. The van der Waals surface area contributed by atoms with Crippen molar-refractivity contribution in [1.29, 1.82) is 10.5 Å². The van der Waals surface area contributed by atoms with Crippen LogP contribution in [0.5, 0.6) is 0 Å². The lowest BCUT2D eigenvalue weighted by Gasteiger charge is -2.21. The van der Waals surface area contributed by atoms with Gasteiger partial charge in [0.15, 0.2) is 28.8 Å². The number of fused-ring (bicyclic) bond motifs is 6. The first-order valence-corrected chi connectivity index (χ1v) is 29.4. The molecule has 3 heterocycles. The third kappa shape index (κ3) is 9.99. The molecule has 0 amide bonds. The van der Waals surface area contributed by atoms with E-state index in [1.54, 1.807) is 54.6 Å². The first-order valence-electron chi connectivity index (χ1n) is 29.4. The van der Waals surface area contributed by atoms with Gasteiger partial charge in [-0.05, 0) is 148 Å². The Bertz CT molecular complexity index is 5340. The molecule has 430 valence electrons. The molecule has 92 heavy (non-hydrogen) atoms. The Morgan fingerprint density at radius 1 is 0.326 bits per heavy atom. The first kappa shape index (κ1) is 55.6. The van der Waals surface area contributed by atoms with Crippen molar-refractivity contribution in [1.82, 2.24) is 24.1 Å². The van der Waals surface area contributed by atoms with Crippen molar-refractivity contribution >= 4 is 55.0 Å². The number of hydrogen-bond acceptors (Lipinski definition) is 5. The molecule has 0 saturated carbocycles. The van der Waals surface area contributed by atoms with Gasteiger partial charge in [-0.1, -0.05) is 164 Å². The van der Waals surface area contributed by atoms with Gasteiger partial charge >= 0.3 is 6.18 Å². The second-order valence-electron chi connectivity index (χ2n) is 22.3. The lowest BCUT2D eigenvalue weighted by molar-refractivity contribution is -0.137. The second-order valence-corrected chi connectivity index (χ2v) is 22.3. The van der Waals surface area contributed by atoms with Gasteiger partial charge in [-0.15, -0.1) is 0 Å². The molecule has 0 fully saturated rings. The molecule has 0 unspecified atom stereocenters. The number of aromatic nitrogens is 5. The maximum absolute atomic E-state index is 15.7. The smallest absolute Gasteiger partial charge is 0.309 e. The van der Waals surface area contributed by atoms with E-state index in [0.29, 0.717) is 73.4 Å². The lowest BCUT2D eigenvalue weighted by Crippen LogP contribution is -2.08. The molecule has 0 saturated heterocycles. The van der Waals surface area contributed by atoms with E-state index >= 15 is 13.2 Å². The summed E-state index contributed by atoms with van der Waals surface area (Å²) in [5.74, 6) is 1.21. The molecule has 15 rings (SSSR count). The summed E-state index contributed by atoms with van der Waals surface area (Å²) in [6.07, 6.45) is -4.76. The summed E-state index contributed by atoms with van der Waals surface area (Å²) in [6, 6.07) is 87.5. The van der Waals surface area contributed by atoms with E-state index in [1.165, 1.54) is 6.07 Å². The van der Waals surface area contributed by atoms with Gasteiger partial charge in [0.1, 0.15) is 0 Å². The minimum Gasteiger partial charge on any atom is -0.309 e. The molecule has 0 radical (unpaired) electrons. The average molecular weight is 1190 g/mol. The van der Waals surface area contributed by atoms with E-state index in [-0.39, 0.29) is 5.69 Å². The van der Waals surface area contributed by atoms with E-state index in [9.17, 15) is 10.5 Å². The number of halogens is 3. The highest BCUT2D eigenvalue weighted by Gasteiger charge is 2.33. The van der Waals surface area contributed by atoms with Gasteiger partial charge < -0.3 is 9.13 Å². The maximum Gasteiger partial charge on any atom is 0.416 e. The fourth-order valence-corrected chi connectivity index (χ4v) is 12.4. The number of nitrogens with zero attached hydrogens (tertiary/aromatic N) is 9. The largest absolute Gasteiger partial charge is 0.416 e. The zero-order chi connectivity index (χ0) is 62.6. The highest BCUT2D eigenvalue weighted by atomic mass is 19.4. The molecule has 12 heteroatoms. The number of alkyl halides is 3. The SMILES string of the molecule is [C-]#[N+]c1ccc(-c2ccc3c(c2)c2cc(-c4ccc(C#N)cc4)ccc2n3-c2ccc(-c3nc(-c4ccccc4)nc(-c4ccccc4)n3)cc2-c2ccc(C(F)(F)F)cc2-n2c3ccc(-c4ccc(C#N)cc4)cc3c3cc(-c4ccc([N+]#[C-])cc4)ccc32)cc1. The standard InChI is InChI=1S/C80H44F3N9/c1-86-63-31-21-53(22-32-63)59-26-37-73-68(43-59)67-41-57(51-17-13-49(47-84)14-18-51)25-36-72(67)91(73)71-40-29-61(79-89-77(55-9-5-3-6-10-55)88-78(90-79)56-11-7-4-8-12-56)45-66(71)65-35-30-62(80(81,82)83)46-76(65)92-74-38-27-58(52-19-15-50(48-85)16-20-52)42-69(74)70-44-60(28-39-75(70)92)54-23-33-64(87-2)34-24-54/h3-46H. The van der Waals surface area contributed by atoms with Gasteiger partial charge in [0.2, 0.25) is 0 Å². The van der Waals surface area contributed by atoms with Crippen LogP contribution < -0.4 is 0 Å². The van der Waals surface area contributed by atoms with E-state index in [2.05, 4.69) is 56.7 Å². The van der Waals surface area contributed by atoms with E-state index in [0.717, 1.165) is 94.3 Å². The molecule has 12 aromatic carbocycles. The second kappa shape index (κ2) is 22.6. The molecule has 0 atom stereocenters. The Morgan fingerprint density at radius 2 is 0.674 bits per heavy atom. The lowest BCUT2D eigenvalue weighted by atomic mass is 9.96.